The summed E-state index contributed by atoms with van der Waals surface area (Å²) in [6, 6.07) is 11.0. The molecule has 148 valence electrons. The van der Waals surface area contributed by atoms with E-state index in [1.54, 1.807) is 0 Å². The third-order valence-corrected chi connectivity index (χ3v) is 4.11. The topological polar surface area (TPSA) is 48.2 Å². The average molecular weight is 394 g/mol. The molecule has 0 spiro atoms. The van der Waals surface area contributed by atoms with Gasteiger partial charge in [-0.15, -0.1) is 0 Å². The largest absolute Gasteiger partial charge is 0.493 e. The van der Waals surface area contributed by atoms with Crippen LogP contribution in [0.25, 0.3) is 22.8 Å². The van der Waals surface area contributed by atoms with Crippen molar-refractivity contribution < 1.29 is 26.8 Å². The van der Waals surface area contributed by atoms with Crippen LogP contribution >= 0.6 is 0 Å². The molecule has 0 radical (unpaired) electrons. The zero-order valence-corrected chi connectivity index (χ0v) is 15.1. The number of hydrogen-bond donors (Lipinski definition) is 0. The maximum atomic E-state index is 13.4. The Morgan fingerprint density at radius 1 is 1.04 bits per heavy atom. The summed E-state index contributed by atoms with van der Waals surface area (Å²) in [6.45, 7) is 1.23. The molecule has 0 aliphatic rings. The molecule has 0 aliphatic carbocycles. The standard InChI is InChI=1S/C20H18F4N2O2/c1-2-13-4-6-14(7-5-13)18-25-19(28-26-18)15-8-9-17(27-11-3-10-21)16(12-15)20(22,23)24/h4-9,12H,2-3,10-11H2,1H3. The van der Waals surface area contributed by atoms with E-state index in [2.05, 4.69) is 10.1 Å². The summed E-state index contributed by atoms with van der Waals surface area (Å²) in [7, 11) is 0. The smallest absolute Gasteiger partial charge is 0.419 e. The third-order valence-electron chi connectivity index (χ3n) is 4.11. The van der Waals surface area contributed by atoms with Crippen LogP contribution in [0.4, 0.5) is 17.6 Å². The number of hydrogen-bond acceptors (Lipinski definition) is 4. The van der Waals surface area contributed by atoms with E-state index in [-0.39, 0.29) is 36.1 Å². The van der Waals surface area contributed by atoms with Crippen molar-refractivity contribution in [2.24, 2.45) is 0 Å². The van der Waals surface area contributed by atoms with E-state index < -0.39 is 18.4 Å². The molecule has 0 aliphatic heterocycles. The van der Waals surface area contributed by atoms with Crippen LogP contribution in [-0.2, 0) is 12.6 Å². The van der Waals surface area contributed by atoms with Crippen LogP contribution in [0.2, 0.25) is 0 Å². The van der Waals surface area contributed by atoms with Crippen LogP contribution < -0.4 is 4.74 Å². The van der Waals surface area contributed by atoms with Gasteiger partial charge in [0.2, 0.25) is 5.82 Å². The Balaban J connectivity index is 1.90. The molecule has 0 amide bonds. The number of rotatable bonds is 7. The fourth-order valence-electron chi connectivity index (χ4n) is 2.59. The summed E-state index contributed by atoms with van der Waals surface area (Å²) in [5, 5.41) is 3.85. The summed E-state index contributed by atoms with van der Waals surface area (Å²) < 4.78 is 62.5. The molecule has 0 saturated heterocycles. The van der Waals surface area contributed by atoms with Gasteiger partial charge in [0.25, 0.3) is 5.89 Å². The predicted molar refractivity (Wildman–Crippen MR) is 95.6 cm³/mol. The SMILES string of the molecule is CCc1ccc(-c2noc(-c3ccc(OCCCF)c(C(F)(F)F)c3)n2)cc1. The minimum Gasteiger partial charge on any atom is -0.493 e. The molecular weight excluding hydrogens is 376 g/mol. The summed E-state index contributed by atoms with van der Waals surface area (Å²) in [5.74, 6) is -0.107. The van der Waals surface area contributed by atoms with Crippen molar-refractivity contribution in [1.82, 2.24) is 10.1 Å². The Kier molecular flexibility index (Phi) is 5.96. The maximum Gasteiger partial charge on any atom is 0.419 e. The van der Waals surface area contributed by atoms with Crippen LogP contribution in [0.15, 0.2) is 47.0 Å². The second-order valence-corrected chi connectivity index (χ2v) is 6.07. The molecule has 0 N–H and O–H groups in total. The van der Waals surface area contributed by atoms with Crippen LogP contribution in [0.3, 0.4) is 0 Å². The first kappa shape index (κ1) is 19.9. The normalized spacial score (nSPS) is 11.6. The van der Waals surface area contributed by atoms with Crippen LogP contribution in [-0.4, -0.2) is 23.4 Å². The van der Waals surface area contributed by atoms with Gasteiger partial charge in [-0.05, 0) is 30.2 Å². The first-order valence-corrected chi connectivity index (χ1v) is 8.75. The van der Waals surface area contributed by atoms with E-state index in [0.717, 1.165) is 18.1 Å². The fourth-order valence-corrected chi connectivity index (χ4v) is 2.59. The number of alkyl halides is 4. The minimum absolute atomic E-state index is 0.0168. The molecule has 3 rings (SSSR count). The molecule has 4 nitrogen and oxygen atoms in total. The molecule has 0 saturated carbocycles. The summed E-state index contributed by atoms with van der Waals surface area (Å²) in [4.78, 5) is 4.20. The van der Waals surface area contributed by atoms with E-state index in [9.17, 15) is 17.6 Å². The van der Waals surface area contributed by atoms with Crippen LogP contribution in [0.5, 0.6) is 5.75 Å². The molecular formula is C20H18F4N2O2. The monoisotopic (exact) mass is 394 g/mol. The Hall–Kier alpha value is -2.90. The number of aryl methyl sites for hydroxylation is 1. The number of halogens is 4. The number of benzene rings is 2. The van der Waals surface area contributed by atoms with Crippen LogP contribution in [0.1, 0.15) is 24.5 Å². The predicted octanol–water partition coefficient (Wildman–Crippen LogP) is 5.72. The number of ether oxygens (including phenoxy) is 1. The highest BCUT2D eigenvalue weighted by Gasteiger charge is 2.35. The second kappa shape index (κ2) is 8.41. The molecule has 8 heteroatoms. The van der Waals surface area contributed by atoms with Gasteiger partial charge in [-0.25, -0.2) is 0 Å². The number of nitrogens with zero attached hydrogens (tertiary/aromatic N) is 2. The Morgan fingerprint density at radius 2 is 1.75 bits per heavy atom. The zero-order chi connectivity index (χ0) is 20.1. The molecule has 0 unspecified atom stereocenters. The summed E-state index contributed by atoms with van der Waals surface area (Å²) >= 11 is 0. The van der Waals surface area contributed by atoms with Gasteiger partial charge >= 0.3 is 6.18 Å². The lowest BCUT2D eigenvalue weighted by Crippen LogP contribution is -2.10. The summed E-state index contributed by atoms with van der Waals surface area (Å²) in [6.07, 6.45) is -3.74. The Bertz CT molecular complexity index is 921. The van der Waals surface area contributed by atoms with E-state index in [4.69, 9.17) is 9.26 Å². The lowest BCUT2D eigenvalue weighted by Gasteiger charge is -2.14. The van der Waals surface area contributed by atoms with E-state index >= 15 is 0 Å². The Labute approximate surface area is 159 Å². The lowest BCUT2D eigenvalue weighted by atomic mass is 10.1. The van der Waals surface area contributed by atoms with Gasteiger partial charge in [0.1, 0.15) is 5.75 Å². The molecule has 1 heterocycles. The highest BCUT2D eigenvalue weighted by atomic mass is 19.4. The van der Waals surface area contributed by atoms with Crippen molar-refractivity contribution in [2.45, 2.75) is 25.9 Å². The van der Waals surface area contributed by atoms with Crippen molar-refractivity contribution in [3.8, 4) is 28.6 Å². The van der Waals surface area contributed by atoms with Gasteiger partial charge in [-0.1, -0.05) is 36.3 Å². The number of aromatic nitrogens is 2. The van der Waals surface area contributed by atoms with Gasteiger partial charge in [0, 0.05) is 17.5 Å². The van der Waals surface area contributed by atoms with E-state index in [0.29, 0.717) is 5.56 Å². The maximum absolute atomic E-state index is 13.4. The van der Waals surface area contributed by atoms with Gasteiger partial charge in [0.15, 0.2) is 0 Å². The second-order valence-electron chi connectivity index (χ2n) is 6.07. The van der Waals surface area contributed by atoms with Crippen molar-refractivity contribution in [3.63, 3.8) is 0 Å². The van der Waals surface area contributed by atoms with Gasteiger partial charge in [0.05, 0.1) is 18.8 Å². The fraction of sp³-hybridized carbons (Fsp3) is 0.300. The molecule has 0 fully saturated rings. The third kappa shape index (κ3) is 4.49. The highest BCUT2D eigenvalue weighted by Crippen LogP contribution is 2.38. The summed E-state index contributed by atoms with van der Waals surface area (Å²) in [5.41, 5.74) is 0.991. The first-order valence-electron chi connectivity index (χ1n) is 8.75. The van der Waals surface area contributed by atoms with Crippen molar-refractivity contribution in [3.05, 3.63) is 53.6 Å². The van der Waals surface area contributed by atoms with Crippen molar-refractivity contribution >= 4 is 0 Å². The molecule has 3 aromatic rings. The molecule has 2 aromatic carbocycles. The van der Waals surface area contributed by atoms with Gasteiger partial charge in [-0.3, -0.25) is 4.39 Å². The van der Waals surface area contributed by atoms with E-state index in [1.165, 1.54) is 12.1 Å². The zero-order valence-electron chi connectivity index (χ0n) is 15.1. The van der Waals surface area contributed by atoms with Crippen LogP contribution in [0, 0.1) is 0 Å². The van der Waals surface area contributed by atoms with E-state index in [1.807, 2.05) is 31.2 Å². The van der Waals surface area contributed by atoms with Crippen molar-refractivity contribution in [2.75, 3.05) is 13.3 Å². The van der Waals surface area contributed by atoms with Gasteiger partial charge in [-0.2, -0.15) is 18.2 Å². The quantitative estimate of drug-likeness (QED) is 0.380. The lowest BCUT2D eigenvalue weighted by molar-refractivity contribution is -0.138. The average Bonchev–Trinajstić information content (AvgIpc) is 3.18. The Morgan fingerprint density at radius 3 is 2.39 bits per heavy atom. The molecule has 28 heavy (non-hydrogen) atoms. The molecule has 0 atom stereocenters. The first-order chi connectivity index (χ1) is 13.4. The van der Waals surface area contributed by atoms with Gasteiger partial charge < -0.3 is 9.26 Å². The molecule has 1 aromatic heterocycles. The highest BCUT2D eigenvalue weighted by molar-refractivity contribution is 5.62. The molecule has 0 bridgehead atoms. The minimum atomic E-state index is -4.64. The van der Waals surface area contributed by atoms with Crippen molar-refractivity contribution in [1.29, 1.82) is 0 Å².